The van der Waals surface area contributed by atoms with Crippen LogP contribution < -0.4 is 14.8 Å². The van der Waals surface area contributed by atoms with Gasteiger partial charge in [-0.05, 0) is 61.6 Å². The van der Waals surface area contributed by atoms with Crippen molar-refractivity contribution in [1.82, 2.24) is 24.6 Å². The second-order valence-electron chi connectivity index (χ2n) is 9.96. The van der Waals surface area contributed by atoms with Gasteiger partial charge < -0.3 is 35.5 Å². The van der Waals surface area contributed by atoms with Crippen molar-refractivity contribution in [2.75, 3.05) is 52.4 Å². The summed E-state index contributed by atoms with van der Waals surface area (Å²) in [5, 5.41) is 32.9. The van der Waals surface area contributed by atoms with Crippen LogP contribution in [0.3, 0.4) is 0 Å². The SMILES string of the molecule is CCN(CC)CCNS(=O)(=O)c1ccc(CNCc2ccc(S(=O)(=O)NCCN(CC)CC)cc2)cc1.O=C(O)C(=O)O.O=C(O)C(=O)O. The minimum absolute atomic E-state index is 0.248. The van der Waals surface area contributed by atoms with Crippen LogP contribution in [0, 0.1) is 0 Å². The lowest BCUT2D eigenvalue weighted by Crippen LogP contribution is -2.34. The summed E-state index contributed by atoms with van der Waals surface area (Å²) in [4.78, 5) is 41.2. The van der Waals surface area contributed by atoms with Crippen molar-refractivity contribution in [1.29, 1.82) is 0 Å². The van der Waals surface area contributed by atoms with Crippen LogP contribution >= 0.6 is 0 Å². The first-order chi connectivity index (χ1) is 22.9. The van der Waals surface area contributed by atoms with Gasteiger partial charge in [0, 0.05) is 39.3 Å². The largest absolute Gasteiger partial charge is 0.473 e. The van der Waals surface area contributed by atoms with Crippen LogP contribution in [0.5, 0.6) is 0 Å². The summed E-state index contributed by atoms with van der Waals surface area (Å²) in [6.07, 6.45) is 0. The van der Waals surface area contributed by atoms with E-state index >= 15 is 0 Å². The maximum absolute atomic E-state index is 12.5. The van der Waals surface area contributed by atoms with E-state index in [0.717, 1.165) is 37.3 Å². The Bertz CT molecular complexity index is 1390. The predicted octanol–water partition coefficient (Wildman–Crippen LogP) is 0.528. The van der Waals surface area contributed by atoms with Gasteiger partial charge in [0.2, 0.25) is 20.0 Å². The summed E-state index contributed by atoms with van der Waals surface area (Å²) in [5.74, 6) is -7.30. The van der Waals surface area contributed by atoms with Crippen molar-refractivity contribution in [3.8, 4) is 0 Å². The molecule has 0 atom stereocenters. The average molecular weight is 734 g/mol. The van der Waals surface area contributed by atoms with Gasteiger partial charge in [-0.15, -0.1) is 0 Å². The average Bonchev–Trinajstić information content (AvgIpc) is 3.06. The molecule has 276 valence electrons. The number of aliphatic carboxylic acids is 4. The molecule has 0 bridgehead atoms. The molecule has 0 aromatic heterocycles. The Balaban J connectivity index is 0.00000163. The van der Waals surface area contributed by atoms with Gasteiger partial charge in [0.1, 0.15) is 0 Å². The van der Waals surface area contributed by atoms with E-state index in [1.807, 2.05) is 0 Å². The third-order valence-corrected chi connectivity index (χ3v) is 9.67. The third kappa shape index (κ3) is 19.0. The molecule has 0 aliphatic rings. The lowest BCUT2D eigenvalue weighted by molar-refractivity contribution is -0.159. The normalized spacial score (nSPS) is 11.2. The number of rotatable bonds is 18. The van der Waals surface area contributed by atoms with E-state index in [0.29, 0.717) is 39.3 Å². The number of nitrogens with one attached hydrogen (secondary N) is 3. The molecule has 0 radical (unpaired) electrons. The Kier molecular flexibility index (Phi) is 21.5. The molecular formula is C30H47N5O12S2. The quantitative estimate of drug-likeness (QED) is 0.103. The third-order valence-electron chi connectivity index (χ3n) is 6.72. The van der Waals surface area contributed by atoms with Gasteiger partial charge in [-0.2, -0.15) is 0 Å². The standard InChI is InChI=1S/C26H43N5O4S2.2C2H2O4/c1-5-30(6-2)19-17-28-36(32,33)25-13-9-23(10-14-25)21-27-22-24-11-15-26(16-12-24)37(34,35)29-18-20-31(7-3)8-4;2*3-1(4)2(5)6/h9-16,27-29H,5-8,17-22H2,1-4H3;2*(H,3,4)(H,5,6). The fourth-order valence-corrected chi connectivity index (χ4v) is 5.89. The summed E-state index contributed by atoms with van der Waals surface area (Å²) in [6, 6.07) is 13.6. The van der Waals surface area contributed by atoms with Crippen LogP contribution in [0.4, 0.5) is 0 Å². The molecule has 0 aliphatic carbocycles. The van der Waals surface area contributed by atoms with Crippen LogP contribution in [0.2, 0.25) is 0 Å². The van der Waals surface area contributed by atoms with Crippen LogP contribution in [0.15, 0.2) is 58.3 Å². The predicted molar refractivity (Wildman–Crippen MR) is 180 cm³/mol. The smallest absolute Gasteiger partial charge is 0.414 e. The number of carbonyl (C=O) groups is 4. The van der Waals surface area contributed by atoms with Gasteiger partial charge in [-0.25, -0.2) is 45.5 Å². The first-order valence-corrected chi connectivity index (χ1v) is 18.2. The van der Waals surface area contributed by atoms with E-state index < -0.39 is 43.9 Å². The first kappa shape index (κ1) is 45.0. The summed E-state index contributed by atoms with van der Waals surface area (Å²) < 4.78 is 55.4. The highest BCUT2D eigenvalue weighted by molar-refractivity contribution is 7.89. The molecule has 19 heteroatoms. The van der Waals surface area contributed by atoms with Gasteiger partial charge in [0.25, 0.3) is 0 Å². The summed E-state index contributed by atoms with van der Waals surface area (Å²) in [5.41, 5.74) is 1.91. The van der Waals surface area contributed by atoms with Crippen LogP contribution in [-0.2, 0) is 52.3 Å². The molecular weight excluding hydrogens is 686 g/mol. The lowest BCUT2D eigenvalue weighted by Gasteiger charge is -2.18. The van der Waals surface area contributed by atoms with E-state index in [1.54, 1.807) is 48.5 Å². The number of carboxylic acid groups (broad SMARTS) is 4. The number of benzene rings is 2. The number of carboxylic acids is 4. The maximum Gasteiger partial charge on any atom is 0.414 e. The molecule has 0 heterocycles. The Hall–Kier alpha value is -3.98. The monoisotopic (exact) mass is 733 g/mol. The van der Waals surface area contributed by atoms with Crippen molar-refractivity contribution in [3.63, 3.8) is 0 Å². The molecule has 0 saturated carbocycles. The Morgan fingerprint density at radius 3 is 1.02 bits per heavy atom. The Morgan fingerprint density at radius 2 is 0.796 bits per heavy atom. The molecule has 0 unspecified atom stereocenters. The van der Waals surface area contributed by atoms with Crippen LogP contribution in [0.25, 0.3) is 0 Å². The summed E-state index contributed by atoms with van der Waals surface area (Å²) in [7, 11) is -7.07. The van der Waals surface area contributed by atoms with Gasteiger partial charge in [0.05, 0.1) is 9.79 Å². The number of hydrogen-bond donors (Lipinski definition) is 7. The summed E-state index contributed by atoms with van der Waals surface area (Å²) >= 11 is 0. The van der Waals surface area contributed by atoms with E-state index in [2.05, 4.69) is 52.3 Å². The maximum atomic E-state index is 12.5. The molecule has 2 rings (SSSR count). The van der Waals surface area contributed by atoms with Crippen molar-refractivity contribution >= 4 is 43.9 Å². The second-order valence-corrected chi connectivity index (χ2v) is 13.5. The molecule has 0 spiro atoms. The Morgan fingerprint density at radius 1 is 0.531 bits per heavy atom. The molecule has 2 aromatic rings. The highest BCUT2D eigenvalue weighted by Crippen LogP contribution is 2.12. The van der Waals surface area contributed by atoms with Gasteiger partial charge in [-0.3, -0.25) is 0 Å². The summed E-state index contributed by atoms with van der Waals surface area (Å²) in [6.45, 7) is 15.0. The van der Waals surface area contributed by atoms with E-state index in [9.17, 15) is 16.8 Å². The molecule has 7 N–H and O–H groups in total. The molecule has 0 aliphatic heterocycles. The molecule has 0 saturated heterocycles. The van der Waals surface area contributed by atoms with Gasteiger partial charge >= 0.3 is 23.9 Å². The highest BCUT2D eigenvalue weighted by atomic mass is 32.2. The fraction of sp³-hybridized carbons (Fsp3) is 0.467. The van der Waals surface area contributed by atoms with E-state index in [1.165, 1.54) is 0 Å². The highest BCUT2D eigenvalue weighted by Gasteiger charge is 2.15. The lowest BCUT2D eigenvalue weighted by atomic mass is 10.2. The molecule has 0 fully saturated rings. The zero-order chi connectivity index (χ0) is 37.6. The van der Waals surface area contributed by atoms with Crippen molar-refractivity contribution < 1.29 is 56.4 Å². The van der Waals surface area contributed by atoms with Crippen molar-refractivity contribution in [3.05, 3.63) is 59.7 Å². The number of sulfonamides is 2. The minimum atomic E-state index is -3.54. The molecule has 0 amide bonds. The molecule has 2 aromatic carbocycles. The number of nitrogens with zero attached hydrogens (tertiary/aromatic N) is 2. The van der Waals surface area contributed by atoms with E-state index in [-0.39, 0.29) is 9.79 Å². The van der Waals surface area contributed by atoms with E-state index in [4.69, 9.17) is 39.6 Å². The van der Waals surface area contributed by atoms with Crippen molar-refractivity contribution in [2.24, 2.45) is 0 Å². The zero-order valence-electron chi connectivity index (χ0n) is 28.0. The van der Waals surface area contributed by atoms with Crippen LogP contribution in [0.1, 0.15) is 38.8 Å². The topological polar surface area (TPSA) is 260 Å². The molecule has 17 nitrogen and oxygen atoms in total. The van der Waals surface area contributed by atoms with Crippen molar-refractivity contribution in [2.45, 2.75) is 50.6 Å². The fourth-order valence-electron chi connectivity index (χ4n) is 3.85. The van der Waals surface area contributed by atoms with Gasteiger partial charge in [-0.1, -0.05) is 52.0 Å². The van der Waals surface area contributed by atoms with Crippen LogP contribution in [-0.4, -0.2) is 123 Å². The second kappa shape index (κ2) is 23.4. The number of hydrogen-bond acceptors (Lipinski definition) is 11. The first-order valence-electron chi connectivity index (χ1n) is 15.2. The minimum Gasteiger partial charge on any atom is -0.473 e. The zero-order valence-corrected chi connectivity index (χ0v) is 29.6. The van der Waals surface area contributed by atoms with Gasteiger partial charge in [0.15, 0.2) is 0 Å². The number of likely N-dealkylation sites (N-methyl/N-ethyl adjacent to an activating group) is 2. The molecule has 49 heavy (non-hydrogen) atoms. The Labute approximate surface area is 287 Å².